The molecule has 3 heterocycles. The van der Waals surface area contributed by atoms with Gasteiger partial charge in [-0.3, -0.25) is 9.84 Å². The maximum atomic E-state index is 11.9. The molecular formula is C13H21N4O9+. The van der Waals surface area contributed by atoms with Crippen LogP contribution in [0, 0.1) is 0 Å². The Morgan fingerprint density at radius 2 is 2.04 bits per heavy atom. The fraction of sp³-hybridized carbons (Fsp3) is 0.769. The summed E-state index contributed by atoms with van der Waals surface area (Å²) in [4.78, 5) is 13.3. The van der Waals surface area contributed by atoms with Crippen molar-refractivity contribution in [2.75, 3.05) is 43.2 Å². The topological polar surface area (TPSA) is 171 Å². The quantitative estimate of drug-likeness (QED) is 0.327. The third-order valence-electron chi connectivity index (χ3n) is 4.03. The molecule has 2 aliphatic rings. The second-order valence-corrected chi connectivity index (χ2v) is 5.78. The summed E-state index contributed by atoms with van der Waals surface area (Å²) in [5.74, 6) is -0.0221. The Hall–Kier alpha value is -2.03. The number of nitrogens with one attached hydrogen (secondary N) is 1. The number of aromatic nitrogens is 2. The van der Waals surface area contributed by atoms with Gasteiger partial charge in [0, 0.05) is 0 Å². The smallest absolute Gasteiger partial charge is 0.416 e. The third-order valence-corrected chi connectivity index (χ3v) is 4.03. The number of morpholine rings is 1. The van der Waals surface area contributed by atoms with Gasteiger partial charge in [0.25, 0.3) is 6.20 Å². The fourth-order valence-corrected chi connectivity index (χ4v) is 2.59. The Labute approximate surface area is 147 Å². The number of rotatable bonds is 4. The van der Waals surface area contributed by atoms with Crippen LogP contribution in [0.5, 0.6) is 0 Å². The van der Waals surface area contributed by atoms with Crippen LogP contribution in [0.15, 0.2) is 10.7 Å². The van der Waals surface area contributed by atoms with Crippen LogP contribution in [0.25, 0.3) is 0 Å². The first kappa shape index (κ1) is 18.8. The SMILES string of the molecule is O=C(Nc1c[n+](N2CCOCC2)no1)O[C@H]1OC(CO)[C@H](O)[C@H](O)C1O. The molecular weight excluding hydrogens is 356 g/mol. The highest BCUT2D eigenvalue weighted by Gasteiger charge is 2.45. The van der Waals surface area contributed by atoms with Crippen molar-refractivity contribution in [1.82, 2.24) is 5.27 Å². The van der Waals surface area contributed by atoms with Crippen molar-refractivity contribution < 1.29 is 48.7 Å². The van der Waals surface area contributed by atoms with Crippen LogP contribution < -0.4 is 15.1 Å². The van der Waals surface area contributed by atoms with Crippen molar-refractivity contribution in [1.29, 1.82) is 0 Å². The summed E-state index contributed by atoms with van der Waals surface area (Å²) in [6.45, 7) is 1.66. The molecule has 0 spiro atoms. The predicted octanol–water partition coefficient (Wildman–Crippen LogP) is -3.72. The molecule has 2 unspecified atom stereocenters. The van der Waals surface area contributed by atoms with E-state index in [0.29, 0.717) is 26.3 Å². The van der Waals surface area contributed by atoms with Crippen molar-refractivity contribution >= 4 is 12.0 Å². The van der Waals surface area contributed by atoms with E-state index >= 15 is 0 Å². The van der Waals surface area contributed by atoms with Gasteiger partial charge in [-0.1, -0.05) is 0 Å². The molecule has 26 heavy (non-hydrogen) atoms. The van der Waals surface area contributed by atoms with Crippen molar-refractivity contribution in [2.24, 2.45) is 0 Å². The monoisotopic (exact) mass is 377 g/mol. The maximum Gasteiger partial charge on any atom is 0.416 e. The molecule has 13 nitrogen and oxygen atoms in total. The standard InChI is InChI=1S/C13H20N4O9/c18-6-7-9(19)10(20)11(21)12(24-7)25-13(22)14-8-5-17(15-26-8)16-1-3-23-4-2-16/h5,7,9-12,18-21H,1-4,6H2/p+1/t7?,9-,10-,11?,12+/m0/s1. The van der Waals surface area contributed by atoms with Crippen molar-refractivity contribution in [3.8, 4) is 0 Å². The van der Waals surface area contributed by atoms with Gasteiger partial charge in [-0.05, 0) is 0 Å². The minimum Gasteiger partial charge on any atom is -0.416 e. The maximum absolute atomic E-state index is 11.9. The summed E-state index contributed by atoms with van der Waals surface area (Å²) in [5.41, 5.74) is 0. The molecule has 5 N–H and O–H groups in total. The second kappa shape index (κ2) is 8.11. The molecule has 2 aliphatic heterocycles. The minimum absolute atomic E-state index is 0.0221. The largest absolute Gasteiger partial charge is 0.416 e. The Morgan fingerprint density at radius 3 is 2.73 bits per heavy atom. The molecule has 0 radical (unpaired) electrons. The second-order valence-electron chi connectivity index (χ2n) is 5.78. The highest BCUT2D eigenvalue weighted by atomic mass is 16.7. The molecule has 3 rings (SSSR count). The average Bonchev–Trinajstić information content (AvgIpc) is 3.11. The van der Waals surface area contributed by atoms with E-state index in [1.54, 1.807) is 0 Å². The Balaban J connectivity index is 1.56. The molecule has 1 aromatic rings. The lowest BCUT2D eigenvalue weighted by atomic mass is 9.99. The van der Waals surface area contributed by atoms with Crippen LogP contribution in [-0.2, 0) is 14.2 Å². The number of carbonyl (C=O) groups excluding carboxylic acids is 1. The van der Waals surface area contributed by atoms with E-state index in [9.17, 15) is 20.1 Å². The van der Waals surface area contributed by atoms with E-state index < -0.39 is 43.4 Å². The van der Waals surface area contributed by atoms with E-state index in [-0.39, 0.29) is 5.88 Å². The minimum atomic E-state index is -1.69. The van der Waals surface area contributed by atoms with Gasteiger partial charge >= 0.3 is 12.0 Å². The first-order chi connectivity index (χ1) is 12.5. The van der Waals surface area contributed by atoms with Gasteiger partial charge in [0.2, 0.25) is 11.6 Å². The normalized spacial score (nSPS) is 32.3. The molecule has 2 saturated heterocycles. The fourth-order valence-electron chi connectivity index (χ4n) is 2.59. The van der Waals surface area contributed by atoms with Gasteiger partial charge in [-0.2, -0.15) is 0 Å². The lowest BCUT2D eigenvalue weighted by molar-refractivity contribution is -0.759. The van der Waals surface area contributed by atoms with Gasteiger partial charge in [-0.15, -0.1) is 5.01 Å². The molecule has 1 amide bonds. The van der Waals surface area contributed by atoms with Crippen LogP contribution >= 0.6 is 0 Å². The summed E-state index contributed by atoms with van der Waals surface area (Å²) < 4.78 is 20.1. The molecule has 0 aromatic carbocycles. The zero-order chi connectivity index (χ0) is 18.7. The molecule has 0 bridgehead atoms. The summed E-state index contributed by atoms with van der Waals surface area (Å²) in [6, 6.07) is 0. The summed E-state index contributed by atoms with van der Waals surface area (Å²) in [5, 5.41) is 46.1. The summed E-state index contributed by atoms with van der Waals surface area (Å²) >= 11 is 0. The van der Waals surface area contributed by atoms with Crippen LogP contribution in [0.3, 0.4) is 0 Å². The number of aliphatic hydroxyl groups is 4. The number of anilines is 1. The van der Waals surface area contributed by atoms with E-state index in [0.717, 1.165) is 0 Å². The zero-order valence-electron chi connectivity index (χ0n) is 13.7. The number of ether oxygens (including phenoxy) is 3. The lowest BCUT2D eigenvalue weighted by Gasteiger charge is -2.38. The molecule has 2 fully saturated rings. The average molecular weight is 377 g/mol. The van der Waals surface area contributed by atoms with Crippen LogP contribution in [0.1, 0.15) is 0 Å². The van der Waals surface area contributed by atoms with Crippen LogP contribution in [0.2, 0.25) is 0 Å². The third kappa shape index (κ3) is 4.03. The first-order valence-electron chi connectivity index (χ1n) is 7.99. The Morgan fingerprint density at radius 1 is 1.31 bits per heavy atom. The highest BCUT2D eigenvalue weighted by Crippen LogP contribution is 2.22. The van der Waals surface area contributed by atoms with Gasteiger partial charge < -0.3 is 34.6 Å². The molecule has 1 aromatic heterocycles. The number of hydrogen-bond acceptors (Lipinski definition) is 11. The van der Waals surface area contributed by atoms with Gasteiger partial charge in [-0.25, -0.2) is 4.79 Å². The van der Waals surface area contributed by atoms with Crippen molar-refractivity contribution in [3.05, 3.63) is 6.20 Å². The van der Waals surface area contributed by atoms with Crippen LogP contribution in [0.4, 0.5) is 10.7 Å². The molecule has 0 aliphatic carbocycles. The van der Waals surface area contributed by atoms with Crippen molar-refractivity contribution in [3.63, 3.8) is 0 Å². The Bertz CT molecular complexity index is 606. The van der Waals surface area contributed by atoms with Crippen molar-refractivity contribution in [2.45, 2.75) is 30.7 Å². The number of hydrogen-bond donors (Lipinski definition) is 5. The number of nitrogens with zero attached hydrogens (tertiary/aromatic N) is 3. The zero-order valence-corrected chi connectivity index (χ0v) is 13.7. The Kier molecular flexibility index (Phi) is 5.85. The highest BCUT2D eigenvalue weighted by molar-refractivity contribution is 5.82. The van der Waals surface area contributed by atoms with E-state index in [2.05, 4.69) is 10.6 Å². The molecule has 0 saturated carbocycles. The summed E-state index contributed by atoms with van der Waals surface area (Å²) in [7, 11) is 0. The van der Waals surface area contributed by atoms with Crippen LogP contribution in [-0.4, -0.2) is 95.4 Å². The predicted molar refractivity (Wildman–Crippen MR) is 79.3 cm³/mol. The number of aliphatic hydroxyl groups excluding tert-OH is 4. The van der Waals surface area contributed by atoms with E-state index in [1.165, 1.54) is 11.0 Å². The molecule has 5 atom stereocenters. The lowest BCUT2D eigenvalue weighted by Crippen LogP contribution is -2.62. The van der Waals surface area contributed by atoms with Gasteiger partial charge in [0.05, 0.1) is 37.7 Å². The van der Waals surface area contributed by atoms with E-state index in [1.807, 2.05) is 5.01 Å². The van der Waals surface area contributed by atoms with Gasteiger partial charge in [0.1, 0.15) is 24.4 Å². The van der Waals surface area contributed by atoms with Gasteiger partial charge in [0.15, 0.2) is 0 Å². The summed E-state index contributed by atoms with van der Waals surface area (Å²) in [6.07, 6.45) is -7.27. The molecule has 13 heteroatoms. The van der Waals surface area contributed by atoms with E-state index in [4.69, 9.17) is 23.8 Å². The molecule has 146 valence electrons. The number of carbonyl (C=O) groups is 1. The first-order valence-corrected chi connectivity index (χ1v) is 7.99. The number of amides is 1.